The van der Waals surface area contributed by atoms with Crippen molar-refractivity contribution in [2.75, 3.05) is 0 Å². The normalized spacial score (nSPS) is 24.2. The standard InChI is InChI=1S/C62H34N2O2/c65-59-42-29-50-37(26-38(42)53-33-17-4-9-21-45(33)61(53)47-23-11-6-19-35(47)55(59)61)41-28-40-32-16-8-13-25-49(32)63(31-14-2-1-3-15-31)57(40)52-44-27-39-43(30-51(44)64(50)58(41)52)60(66)56-36-20-7-12-24-48(36)62(56)46-22-10-5-18-34(46)54(39)62/h1-30,53-56H. The Balaban J connectivity index is 1.01. The number of hydrogen-bond donors (Lipinski definition) is 0. The van der Waals surface area contributed by atoms with E-state index in [9.17, 15) is 0 Å². The van der Waals surface area contributed by atoms with Crippen LogP contribution < -0.4 is 0 Å². The van der Waals surface area contributed by atoms with E-state index in [1.165, 1.54) is 54.9 Å². The Morgan fingerprint density at radius 3 is 1.38 bits per heavy atom. The SMILES string of the molecule is O=C1c2cc3c(cc2C2c4ccccc4C24c2ccccc2C14)c1cc2c4ccccc4n(-c4ccccc4)c2c2c4cc5c(cc4n3c12)C(=O)C1c2ccccc2C12c1ccccc1C52. The minimum absolute atomic E-state index is 0.0681. The first kappa shape index (κ1) is 33.4. The molecule has 4 heteroatoms. The van der Waals surface area contributed by atoms with Crippen LogP contribution in [0.15, 0.2) is 182 Å². The molecule has 0 aliphatic heterocycles. The third kappa shape index (κ3) is 3.16. The van der Waals surface area contributed by atoms with Crippen molar-refractivity contribution in [1.29, 1.82) is 0 Å². The summed E-state index contributed by atoms with van der Waals surface area (Å²) < 4.78 is 4.89. The van der Waals surface area contributed by atoms with Gasteiger partial charge in [-0.3, -0.25) is 9.59 Å². The predicted octanol–water partition coefficient (Wildman–Crippen LogP) is 13.4. The molecule has 2 spiro atoms. The van der Waals surface area contributed by atoms with Gasteiger partial charge in [0.2, 0.25) is 0 Å². The number of carbonyl (C=O) groups excluding carboxylic acids is 2. The van der Waals surface area contributed by atoms with Crippen molar-refractivity contribution in [2.24, 2.45) is 0 Å². The van der Waals surface area contributed by atoms with Crippen molar-refractivity contribution < 1.29 is 9.59 Å². The van der Waals surface area contributed by atoms with Crippen molar-refractivity contribution in [1.82, 2.24) is 8.97 Å². The molecule has 9 aromatic carbocycles. The zero-order chi connectivity index (χ0) is 42.7. The summed E-state index contributed by atoms with van der Waals surface area (Å²) in [5.41, 5.74) is 20.0. The maximum absolute atomic E-state index is 15.4. The summed E-state index contributed by atoms with van der Waals surface area (Å²) in [6.45, 7) is 0. The van der Waals surface area contributed by atoms with Crippen LogP contribution in [-0.2, 0) is 10.8 Å². The molecule has 0 saturated carbocycles. The Hall–Kier alpha value is -8.08. The van der Waals surface area contributed by atoms with E-state index in [1.807, 2.05) is 0 Å². The third-order valence-electron chi connectivity index (χ3n) is 17.9. The molecule has 18 rings (SSSR count). The van der Waals surface area contributed by atoms with Gasteiger partial charge in [0, 0.05) is 71.8 Å². The van der Waals surface area contributed by atoms with Gasteiger partial charge < -0.3 is 8.97 Å². The van der Waals surface area contributed by atoms with E-state index >= 15 is 9.59 Å². The van der Waals surface area contributed by atoms with Gasteiger partial charge in [-0.1, -0.05) is 133 Å². The molecule has 0 fully saturated rings. The van der Waals surface area contributed by atoms with E-state index in [4.69, 9.17) is 0 Å². The lowest BCUT2D eigenvalue weighted by molar-refractivity contribution is 0.0839. The quantitative estimate of drug-likeness (QED) is 0.165. The molecule has 3 aromatic heterocycles. The number of para-hydroxylation sites is 2. The van der Waals surface area contributed by atoms with Gasteiger partial charge in [0.15, 0.2) is 11.6 Å². The van der Waals surface area contributed by atoms with Crippen LogP contribution in [0.2, 0.25) is 0 Å². The van der Waals surface area contributed by atoms with Crippen molar-refractivity contribution >= 4 is 71.5 Å². The average Bonchev–Trinajstić information content (AvgIpc) is 3.96. The highest BCUT2D eigenvalue weighted by molar-refractivity contribution is 6.35. The molecule has 4 nitrogen and oxygen atoms in total. The average molecular weight is 839 g/mol. The molecule has 6 unspecified atom stereocenters. The summed E-state index contributed by atoms with van der Waals surface area (Å²) in [5, 5.41) is 7.05. The van der Waals surface area contributed by atoms with Crippen LogP contribution in [-0.4, -0.2) is 20.5 Å². The fourth-order valence-corrected chi connectivity index (χ4v) is 15.8. The maximum atomic E-state index is 15.4. The number of hydrogen-bond acceptors (Lipinski definition) is 2. The highest BCUT2D eigenvalue weighted by Gasteiger charge is 2.70. The molecule has 304 valence electrons. The predicted molar refractivity (Wildman–Crippen MR) is 261 cm³/mol. The molecule has 6 atom stereocenters. The van der Waals surface area contributed by atoms with Crippen molar-refractivity contribution in [3.8, 4) is 5.69 Å². The second-order valence-electron chi connectivity index (χ2n) is 20.0. The monoisotopic (exact) mass is 838 g/mol. The Kier molecular flexibility index (Phi) is 5.34. The first-order valence-electron chi connectivity index (χ1n) is 23.4. The van der Waals surface area contributed by atoms with Crippen molar-refractivity contribution in [2.45, 2.75) is 34.5 Å². The lowest BCUT2D eigenvalue weighted by Gasteiger charge is -2.64. The summed E-state index contributed by atoms with van der Waals surface area (Å²) in [7, 11) is 0. The van der Waals surface area contributed by atoms with E-state index in [0.717, 1.165) is 77.4 Å². The molecule has 0 radical (unpaired) electrons. The highest BCUT2D eigenvalue weighted by atomic mass is 16.1. The van der Waals surface area contributed by atoms with Crippen LogP contribution in [0.1, 0.15) is 100 Å². The smallest absolute Gasteiger partial charge is 0.171 e. The van der Waals surface area contributed by atoms with Crippen LogP contribution in [0.25, 0.3) is 65.6 Å². The first-order chi connectivity index (χ1) is 32.6. The molecule has 0 N–H and O–H groups in total. The van der Waals surface area contributed by atoms with Gasteiger partial charge in [0.25, 0.3) is 0 Å². The lowest BCUT2D eigenvalue weighted by Crippen LogP contribution is -2.61. The Morgan fingerprint density at radius 1 is 0.348 bits per heavy atom. The van der Waals surface area contributed by atoms with E-state index in [-0.39, 0.29) is 46.1 Å². The molecular formula is C62H34N2O2. The Bertz CT molecular complexity index is 4380. The largest absolute Gasteiger partial charge is 0.309 e. The van der Waals surface area contributed by atoms with Gasteiger partial charge in [0.1, 0.15) is 0 Å². The van der Waals surface area contributed by atoms with Gasteiger partial charge >= 0.3 is 0 Å². The van der Waals surface area contributed by atoms with E-state index in [0.29, 0.717) is 0 Å². The number of Topliss-reactive ketones (excluding diaryl/α,β-unsaturated/α-hetero) is 2. The topological polar surface area (TPSA) is 43.5 Å². The third-order valence-corrected chi connectivity index (χ3v) is 17.9. The number of aromatic nitrogens is 2. The van der Waals surface area contributed by atoms with Gasteiger partial charge in [-0.25, -0.2) is 0 Å². The van der Waals surface area contributed by atoms with Crippen molar-refractivity contribution in [3.63, 3.8) is 0 Å². The van der Waals surface area contributed by atoms with Crippen LogP contribution >= 0.6 is 0 Å². The minimum Gasteiger partial charge on any atom is -0.309 e. The molecule has 3 heterocycles. The minimum atomic E-state index is -0.360. The molecule has 0 saturated heterocycles. The van der Waals surface area contributed by atoms with Gasteiger partial charge in [-0.05, 0) is 104 Å². The zero-order valence-electron chi connectivity index (χ0n) is 35.3. The number of ketones is 2. The molecule has 0 bridgehead atoms. The number of fused-ring (bicyclic) bond motifs is 22. The Labute approximate surface area is 377 Å². The van der Waals surface area contributed by atoms with E-state index < -0.39 is 0 Å². The molecular weight excluding hydrogens is 805 g/mol. The zero-order valence-corrected chi connectivity index (χ0v) is 35.3. The van der Waals surface area contributed by atoms with Crippen LogP contribution in [0.3, 0.4) is 0 Å². The van der Waals surface area contributed by atoms with Crippen LogP contribution in [0.5, 0.6) is 0 Å². The summed E-state index contributed by atoms with van der Waals surface area (Å²) in [5.74, 6) is 0.133. The summed E-state index contributed by atoms with van der Waals surface area (Å²) in [6.07, 6.45) is 0. The Morgan fingerprint density at radius 2 is 0.803 bits per heavy atom. The van der Waals surface area contributed by atoms with Crippen LogP contribution in [0.4, 0.5) is 0 Å². The number of carbonyl (C=O) groups is 2. The second kappa shape index (κ2) is 10.5. The molecule has 6 aliphatic carbocycles. The molecule has 12 aromatic rings. The fraction of sp³-hybridized carbons (Fsp3) is 0.0968. The summed E-state index contributed by atoms with van der Waals surface area (Å²) in [6, 6.07) is 66.3. The lowest BCUT2D eigenvalue weighted by atomic mass is 9.36. The molecule has 6 aliphatic rings. The summed E-state index contributed by atoms with van der Waals surface area (Å²) in [4.78, 5) is 30.8. The van der Waals surface area contributed by atoms with E-state index in [2.05, 4.69) is 191 Å². The van der Waals surface area contributed by atoms with Gasteiger partial charge in [-0.15, -0.1) is 0 Å². The number of rotatable bonds is 1. The highest BCUT2D eigenvalue weighted by Crippen LogP contribution is 2.75. The van der Waals surface area contributed by atoms with Crippen molar-refractivity contribution in [3.05, 3.63) is 249 Å². The second-order valence-corrected chi connectivity index (χ2v) is 20.0. The van der Waals surface area contributed by atoms with Gasteiger partial charge in [-0.2, -0.15) is 0 Å². The van der Waals surface area contributed by atoms with Crippen LogP contribution in [0, 0.1) is 0 Å². The molecule has 0 amide bonds. The summed E-state index contributed by atoms with van der Waals surface area (Å²) >= 11 is 0. The number of nitrogens with zero attached hydrogens (tertiary/aromatic N) is 2. The maximum Gasteiger partial charge on any atom is 0.171 e. The van der Waals surface area contributed by atoms with Gasteiger partial charge in [0.05, 0.1) is 39.4 Å². The first-order valence-corrected chi connectivity index (χ1v) is 23.4. The number of benzene rings is 9. The van der Waals surface area contributed by atoms with E-state index in [1.54, 1.807) is 0 Å². The molecule has 66 heavy (non-hydrogen) atoms. The fourth-order valence-electron chi connectivity index (χ4n) is 15.8.